The maximum absolute atomic E-state index is 6.50. The van der Waals surface area contributed by atoms with Crippen molar-refractivity contribution >= 4 is 107 Å². The van der Waals surface area contributed by atoms with Gasteiger partial charge in [-0.25, -0.2) is 0 Å². The highest BCUT2D eigenvalue weighted by Gasteiger charge is 2.20. The molecule has 0 fully saturated rings. The lowest BCUT2D eigenvalue weighted by atomic mass is 9.83. The summed E-state index contributed by atoms with van der Waals surface area (Å²) in [5.74, 6) is 0. The first kappa shape index (κ1) is 31.9. The van der Waals surface area contributed by atoms with Crippen LogP contribution in [0.3, 0.4) is 0 Å². The Hall–Kier alpha value is -7.26. The molecule has 0 aliphatic rings. The summed E-state index contributed by atoms with van der Waals surface area (Å²) in [6.45, 7) is 0. The maximum atomic E-state index is 6.50. The van der Waals surface area contributed by atoms with Crippen LogP contribution in [-0.4, -0.2) is 0 Å². The summed E-state index contributed by atoms with van der Waals surface area (Å²) in [7, 11) is 0. The van der Waals surface area contributed by atoms with Crippen molar-refractivity contribution in [1.29, 1.82) is 0 Å². The van der Waals surface area contributed by atoms with Crippen molar-refractivity contribution in [3.05, 3.63) is 194 Å². The molecule has 0 aliphatic heterocycles. The van der Waals surface area contributed by atoms with Crippen molar-refractivity contribution in [1.82, 2.24) is 0 Å². The van der Waals surface area contributed by atoms with Crippen LogP contribution in [-0.2, 0) is 0 Å². The number of hydrogen-bond donors (Lipinski definition) is 0. The van der Waals surface area contributed by atoms with Gasteiger partial charge in [0.15, 0.2) is 0 Å². The number of rotatable bonds is 3. The van der Waals surface area contributed by atoms with E-state index < -0.39 is 0 Å². The molecule has 0 bridgehead atoms. The van der Waals surface area contributed by atoms with Gasteiger partial charge < -0.3 is 4.42 Å². The predicted molar refractivity (Wildman–Crippen MR) is 250 cm³/mol. The first-order chi connectivity index (χ1) is 28.8. The molecule has 0 radical (unpaired) electrons. The Bertz CT molecular complexity index is 3810. The quantitative estimate of drug-likeness (QED) is 0.164. The van der Waals surface area contributed by atoms with Crippen LogP contribution in [0.5, 0.6) is 0 Å². The maximum Gasteiger partial charge on any atom is 0.144 e. The molecule has 11 aromatic carbocycles. The number of furan rings is 1. The molecule has 2 heteroatoms. The molecule has 0 saturated carbocycles. The summed E-state index contributed by atoms with van der Waals surface area (Å²) in [4.78, 5) is 0. The second kappa shape index (κ2) is 12.1. The van der Waals surface area contributed by atoms with Crippen LogP contribution in [0, 0.1) is 0 Å². The Morgan fingerprint density at radius 2 is 0.879 bits per heavy atom. The molecule has 58 heavy (non-hydrogen) atoms. The van der Waals surface area contributed by atoms with E-state index in [0.29, 0.717) is 0 Å². The fourth-order valence-corrected chi connectivity index (χ4v) is 11.1. The van der Waals surface area contributed by atoms with Crippen LogP contribution in [0.15, 0.2) is 199 Å². The van der Waals surface area contributed by atoms with E-state index in [0.717, 1.165) is 11.2 Å². The minimum Gasteiger partial charge on any atom is -0.455 e. The fourth-order valence-electron chi connectivity index (χ4n) is 9.84. The van der Waals surface area contributed by atoms with Gasteiger partial charge in [0.25, 0.3) is 0 Å². The highest BCUT2D eigenvalue weighted by Crippen LogP contribution is 2.48. The Morgan fingerprint density at radius 1 is 0.328 bits per heavy atom. The normalized spacial score (nSPS) is 12.1. The number of fused-ring (bicyclic) bond motifs is 13. The van der Waals surface area contributed by atoms with Gasteiger partial charge >= 0.3 is 0 Å². The van der Waals surface area contributed by atoms with Crippen LogP contribution in [0.4, 0.5) is 0 Å². The van der Waals surface area contributed by atoms with E-state index >= 15 is 0 Å². The van der Waals surface area contributed by atoms with E-state index in [2.05, 4.69) is 188 Å². The van der Waals surface area contributed by atoms with Gasteiger partial charge in [-0.15, -0.1) is 11.3 Å². The van der Waals surface area contributed by atoms with E-state index in [1.54, 1.807) is 0 Å². The standard InChI is InChI=1S/C56H32OS/c1-2-12-34-31-37(22-21-33(34)11-1)52-43-16-5-7-18-45(43)53(46-19-8-6-17-44(46)52)47-28-27-38(40-13-3-4-14-41(40)47)35-23-25-39-36(32-35)24-26-49-54-51(58-56(39)49)30-29-48-42-15-9-10-20-50(42)57-55(48)54/h1-32H. The minimum atomic E-state index is 0.937. The summed E-state index contributed by atoms with van der Waals surface area (Å²) >= 11 is 1.86. The Kier molecular flexibility index (Phi) is 6.66. The third-order valence-electron chi connectivity index (χ3n) is 12.4. The van der Waals surface area contributed by atoms with Crippen LogP contribution < -0.4 is 0 Å². The molecule has 1 nitrogen and oxygen atoms in total. The van der Waals surface area contributed by atoms with Gasteiger partial charge in [-0.1, -0.05) is 164 Å². The zero-order valence-electron chi connectivity index (χ0n) is 31.3. The van der Waals surface area contributed by atoms with Gasteiger partial charge in [0.1, 0.15) is 11.2 Å². The molecular formula is C56H32OS. The zero-order chi connectivity index (χ0) is 37.9. The lowest BCUT2D eigenvalue weighted by molar-refractivity contribution is 0.673. The highest BCUT2D eigenvalue weighted by molar-refractivity contribution is 7.26. The lowest BCUT2D eigenvalue weighted by Gasteiger charge is -2.20. The van der Waals surface area contributed by atoms with Crippen molar-refractivity contribution < 1.29 is 4.42 Å². The molecule has 0 amide bonds. The SMILES string of the molecule is c1ccc2cc(-c3c4ccccc4c(-c4ccc(-c5ccc6c(ccc7c6sc6ccc8c9ccccc9oc8c67)c5)c5ccccc45)c4ccccc34)ccc2c1. The molecule has 0 aliphatic carbocycles. The second-order valence-electron chi connectivity index (χ2n) is 15.5. The monoisotopic (exact) mass is 752 g/mol. The molecule has 2 heterocycles. The Morgan fingerprint density at radius 3 is 1.66 bits per heavy atom. The zero-order valence-corrected chi connectivity index (χ0v) is 32.1. The first-order valence-corrected chi connectivity index (χ1v) is 20.7. The van der Waals surface area contributed by atoms with E-state index in [-0.39, 0.29) is 0 Å². The van der Waals surface area contributed by atoms with Gasteiger partial charge in [-0.2, -0.15) is 0 Å². The van der Waals surface area contributed by atoms with Gasteiger partial charge in [0, 0.05) is 30.9 Å². The average Bonchev–Trinajstić information content (AvgIpc) is 3.86. The number of hydrogen-bond acceptors (Lipinski definition) is 2. The molecule has 268 valence electrons. The summed E-state index contributed by atoms with van der Waals surface area (Å²) < 4.78 is 9.06. The van der Waals surface area contributed by atoms with Crippen molar-refractivity contribution in [2.75, 3.05) is 0 Å². The summed E-state index contributed by atoms with van der Waals surface area (Å²) in [5, 5.41) is 17.4. The molecule has 0 unspecified atom stereocenters. The van der Waals surface area contributed by atoms with E-state index in [9.17, 15) is 0 Å². The van der Waals surface area contributed by atoms with Crippen LogP contribution in [0.25, 0.3) is 129 Å². The van der Waals surface area contributed by atoms with Gasteiger partial charge in [0.05, 0.1) is 0 Å². The van der Waals surface area contributed by atoms with E-state index in [4.69, 9.17) is 4.42 Å². The smallest absolute Gasteiger partial charge is 0.144 e. The Labute approximate surface area is 337 Å². The van der Waals surface area contributed by atoms with Crippen LogP contribution >= 0.6 is 11.3 Å². The number of thiophene rings is 1. The fraction of sp³-hybridized carbons (Fsp3) is 0. The van der Waals surface area contributed by atoms with Crippen molar-refractivity contribution in [3.8, 4) is 33.4 Å². The average molecular weight is 753 g/mol. The number of benzene rings is 11. The largest absolute Gasteiger partial charge is 0.455 e. The molecule has 13 rings (SSSR count). The van der Waals surface area contributed by atoms with Gasteiger partial charge in [-0.05, 0) is 118 Å². The Balaban J connectivity index is 0.997. The lowest BCUT2D eigenvalue weighted by Crippen LogP contribution is -1.92. The molecule has 0 atom stereocenters. The molecule has 13 aromatic rings. The molecule has 2 aromatic heterocycles. The third-order valence-corrected chi connectivity index (χ3v) is 13.6. The van der Waals surface area contributed by atoms with Gasteiger partial charge in [-0.3, -0.25) is 0 Å². The van der Waals surface area contributed by atoms with Crippen molar-refractivity contribution in [2.24, 2.45) is 0 Å². The second-order valence-corrected chi connectivity index (χ2v) is 16.6. The van der Waals surface area contributed by atoms with E-state index in [1.807, 2.05) is 17.4 Å². The van der Waals surface area contributed by atoms with Crippen LogP contribution in [0.1, 0.15) is 0 Å². The van der Waals surface area contributed by atoms with Crippen molar-refractivity contribution in [3.63, 3.8) is 0 Å². The highest BCUT2D eigenvalue weighted by atomic mass is 32.1. The molecule has 0 N–H and O–H groups in total. The summed E-state index contributed by atoms with van der Waals surface area (Å²) in [5.41, 5.74) is 9.44. The topological polar surface area (TPSA) is 13.1 Å². The molecule has 0 saturated heterocycles. The van der Waals surface area contributed by atoms with E-state index in [1.165, 1.54) is 118 Å². The summed E-state index contributed by atoms with van der Waals surface area (Å²) in [6, 6.07) is 71.6. The third kappa shape index (κ3) is 4.52. The minimum absolute atomic E-state index is 0.937. The predicted octanol–water partition coefficient (Wildman–Crippen LogP) is 16.7. The van der Waals surface area contributed by atoms with Crippen molar-refractivity contribution in [2.45, 2.75) is 0 Å². The molecular weight excluding hydrogens is 721 g/mol. The summed E-state index contributed by atoms with van der Waals surface area (Å²) in [6.07, 6.45) is 0. The number of para-hydroxylation sites is 1. The molecule has 0 spiro atoms. The van der Waals surface area contributed by atoms with Gasteiger partial charge in [0.2, 0.25) is 0 Å². The van der Waals surface area contributed by atoms with Crippen LogP contribution in [0.2, 0.25) is 0 Å². The first-order valence-electron chi connectivity index (χ1n) is 19.9.